The van der Waals surface area contributed by atoms with Crippen LogP contribution in [-0.4, -0.2) is 46.9 Å². The summed E-state index contributed by atoms with van der Waals surface area (Å²) in [6, 6.07) is 0.548. The highest BCUT2D eigenvalue weighted by Gasteiger charge is 2.46. The normalized spacial score (nSPS) is 20.3. The number of aryl methyl sites for hydroxylation is 1. The van der Waals surface area contributed by atoms with Crippen LogP contribution in [-0.2, 0) is 4.79 Å². The van der Waals surface area contributed by atoms with Gasteiger partial charge < -0.3 is 19.9 Å². The van der Waals surface area contributed by atoms with Crippen LogP contribution in [0.4, 0.5) is 23.2 Å². The summed E-state index contributed by atoms with van der Waals surface area (Å²) in [6.45, 7) is 4.85. The molecule has 2 fully saturated rings. The van der Waals surface area contributed by atoms with Crippen molar-refractivity contribution in [1.82, 2.24) is 9.88 Å². The van der Waals surface area contributed by atoms with Gasteiger partial charge in [0.25, 0.3) is 0 Å². The summed E-state index contributed by atoms with van der Waals surface area (Å²) in [7, 11) is 0. The van der Waals surface area contributed by atoms with Crippen LogP contribution in [0, 0.1) is 18.2 Å². The van der Waals surface area contributed by atoms with Crippen molar-refractivity contribution in [2.24, 2.45) is 5.41 Å². The Morgan fingerprint density at radius 3 is 2.42 bits per heavy atom. The molecule has 1 aromatic carbocycles. The molecule has 0 radical (unpaired) electrons. The highest BCUT2D eigenvalue weighted by Crippen LogP contribution is 2.41. The number of rotatable bonds is 4. The van der Waals surface area contributed by atoms with Crippen LogP contribution in [0.1, 0.15) is 48.7 Å². The lowest BCUT2D eigenvalue weighted by Crippen LogP contribution is -2.49. The summed E-state index contributed by atoms with van der Waals surface area (Å²) in [5.41, 5.74) is -1.57. The molecule has 4 rings (SSSR count). The summed E-state index contributed by atoms with van der Waals surface area (Å²) in [4.78, 5) is 37.4. The monoisotopic (exact) mass is 469 g/mol. The maximum atomic E-state index is 15.5. The third-order valence-electron chi connectivity index (χ3n) is 6.50. The van der Waals surface area contributed by atoms with Crippen LogP contribution in [0.15, 0.2) is 17.1 Å². The van der Waals surface area contributed by atoms with Gasteiger partial charge in [0.1, 0.15) is 11.4 Å². The average Bonchev–Trinajstić information content (AvgIpc) is 3.48. The number of fused-ring (bicyclic) bond motifs is 1. The van der Waals surface area contributed by atoms with Gasteiger partial charge in [-0.25, -0.2) is 9.18 Å². The molecule has 33 heavy (non-hydrogen) atoms. The maximum Gasteiger partial charge on any atom is 0.471 e. The molecule has 7 nitrogen and oxygen atoms in total. The van der Waals surface area contributed by atoms with E-state index < -0.39 is 46.3 Å². The molecule has 0 bridgehead atoms. The first-order valence-electron chi connectivity index (χ1n) is 10.5. The Balaban J connectivity index is 1.81. The number of aromatic carboxylic acids is 1. The fourth-order valence-corrected chi connectivity index (χ4v) is 4.49. The number of hydrogen-bond acceptors (Lipinski definition) is 4. The highest BCUT2D eigenvalue weighted by molar-refractivity contribution is 5.95. The predicted molar refractivity (Wildman–Crippen MR) is 112 cm³/mol. The lowest BCUT2D eigenvalue weighted by molar-refractivity contribution is -0.174. The molecule has 2 aliphatic rings. The first-order chi connectivity index (χ1) is 15.2. The Morgan fingerprint density at radius 1 is 1.24 bits per heavy atom. The number of benzene rings is 1. The van der Waals surface area contributed by atoms with Crippen molar-refractivity contribution in [3.63, 3.8) is 0 Å². The number of carbonyl (C=O) groups excluding carboxylic acids is 1. The standard InChI is InChI=1S/C22H23F4N3O4/c1-10-16-13(29(11-4-5-11)7-12(18(16)30)19(31)32)6-14(17(10)23)28-8-15(21(2,3)9-28)27-20(33)22(24,25)26/h6-7,11,15H,4-5,8-9H2,1-3H3,(H,27,33)(H,31,32)/t15-/m1/s1. The second kappa shape index (κ2) is 7.46. The molecule has 1 aliphatic carbocycles. The van der Waals surface area contributed by atoms with Crippen molar-refractivity contribution in [2.45, 2.75) is 51.9 Å². The predicted octanol–water partition coefficient (Wildman–Crippen LogP) is 3.38. The van der Waals surface area contributed by atoms with Gasteiger partial charge in [-0.1, -0.05) is 13.8 Å². The molecule has 1 saturated heterocycles. The number of aromatic nitrogens is 1. The minimum Gasteiger partial charge on any atom is -0.477 e. The number of carboxylic acid groups (broad SMARTS) is 1. The molecule has 0 unspecified atom stereocenters. The number of alkyl halides is 3. The van der Waals surface area contributed by atoms with Crippen LogP contribution in [0.5, 0.6) is 0 Å². The molecule has 1 amide bonds. The van der Waals surface area contributed by atoms with E-state index in [1.165, 1.54) is 19.2 Å². The molecular weight excluding hydrogens is 446 g/mol. The number of anilines is 1. The minimum atomic E-state index is -5.03. The van der Waals surface area contributed by atoms with E-state index in [1.807, 2.05) is 5.32 Å². The van der Waals surface area contributed by atoms with Gasteiger partial charge in [-0.05, 0) is 25.8 Å². The molecular formula is C22H23F4N3O4. The van der Waals surface area contributed by atoms with Crippen molar-refractivity contribution in [1.29, 1.82) is 0 Å². The van der Waals surface area contributed by atoms with E-state index >= 15 is 4.39 Å². The minimum absolute atomic E-state index is 0.0160. The van der Waals surface area contributed by atoms with Crippen molar-refractivity contribution in [3.05, 3.63) is 39.4 Å². The molecule has 2 aromatic rings. The Bertz CT molecular complexity index is 1230. The Kier molecular flexibility index (Phi) is 5.21. The third kappa shape index (κ3) is 3.93. The van der Waals surface area contributed by atoms with E-state index in [-0.39, 0.29) is 35.8 Å². The van der Waals surface area contributed by atoms with Gasteiger partial charge in [-0.3, -0.25) is 9.59 Å². The first-order valence-corrected chi connectivity index (χ1v) is 10.5. The number of halogens is 4. The van der Waals surface area contributed by atoms with Crippen molar-refractivity contribution >= 4 is 28.5 Å². The van der Waals surface area contributed by atoms with E-state index in [4.69, 9.17) is 0 Å². The SMILES string of the molecule is Cc1c(F)c(N2C[C@@H](NC(=O)C(F)(F)F)C(C)(C)C2)cc2c1c(=O)c(C(=O)O)cn2C1CC1. The van der Waals surface area contributed by atoms with Gasteiger partial charge in [0, 0.05) is 36.3 Å². The number of hydrogen-bond donors (Lipinski definition) is 2. The summed E-state index contributed by atoms with van der Waals surface area (Å²) < 4.78 is 55.4. The molecule has 178 valence electrons. The van der Waals surface area contributed by atoms with E-state index in [2.05, 4.69) is 0 Å². The van der Waals surface area contributed by atoms with Gasteiger partial charge in [0.15, 0.2) is 0 Å². The lowest BCUT2D eigenvalue weighted by Gasteiger charge is -2.26. The van der Waals surface area contributed by atoms with Gasteiger partial charge in [0.2, 0.25) is 5.43 Å². The number of carbonyl (C=O) groups is 2. The van der Waals surface area contributed by atoms with Crippen molar-refractivity contribution in [3.8, 4) is 0 Å². The van der Waals surface area contributed by atoms with Crippen molar-refractivity contribution < 1.29 is 32.3 Å². The molecule has 1 saturated carbocycles. The Morgan fingerprint density at radius 2 is 1.88 bits per heavy atom. The molecule has 2 heterocycles. The number of pyridine rings is 1. The van der Waals surface area contributed by atoms with Crippen LogP contribution in [0.25, 0.3) is 10.9 Å². The number of nitrogens with one attached hydrogen (secondary N) is 1. The molecule has 1 aromatic heterocycles. The van der Waals surface area contributed by atoms with E-state index in [0.29, 0.717) is 5.52 Å². The van der Waals surface area contributed by atoms with E-state index in [1.54, 1.807) is 23.3 Å². The number of amides is 1. The number of nitrogens with zero attached hydrogens (tertiary/aromatic N) is 2. The fourth-order valence-electron chi connectivity index (χ4n) is 4.49. The highest BCUT2D eigenvalue weighted by atomic mass is 19.4. The van der Waals surface area contributed by atoms with Crippen molar-refractivity contribution in [2.75, 3.05) is 18.0 Å². The zero-order chi connectivity index (χ0) is 24.5. The maximum absolute atomic E-state index is 15.5. The third-order valence-corrected chi connectivity index (χ3v) is 6.50. The molecule has 2 N–H and O–H groups in total. The first kappa shape index (κ1) is 23.1. The molecule has 0 spiro atoms. The van der Waals surface area contributed by atoms with Gasteiger partial charge >= 0.3 is 18.1 Å². The van der Waals surface area contributed by atoms with Crippen LogP contribution >= 0.6 is 0 Å². The second-order valence-corrected chi connectivity index (χ2v) is 9.44. The van der Waals surface area contributed by atoms with Gasteiger partial charge in [0.05, 0.1) is 22.6 Å². The van der Waals surface area contributed by atoms with Crippen LogP contribution in [0.2, 0.25) is 0 Å². The largest absolute Gasteiger partial charge is 0.477 e. The smallest absolute Gasteiger partial charge is 0.471 e. The summed E-state index contributed by atoms with van der Waals surface area (Å²) in [6.07, 6.45) is -2.20. The fraction of sp³-hybridized carbons (Fsp3) is 0.500. The second-order valence-electron chi connectivity index (χ2n) is 9.44. The molecule has 11 heteroatoms. The van der Waals surface area contributed by atoms with Gasteiger partial charge in [-0.2, -0.15) is 13.2 Å². The Labute approximate surface area is 186 Å². The zero-order valence-corrected chi connectivity index (χ0v) is 18.2. The van der Waals surface area contributed by atoms with Crippen LogP contribution in [0.3, 0.4) is 0 Å². The van der Waals surface area contributed by atoms with E-state index in [9.17, 15) is 32.7 Å². The Hall–Kier alpha value is -3.11. The number of carboxylic acids is 1. The molecule has 1 aliphatic heterocycles. The van der Waals surface area contributed by atoms with E-state index in [0.717, 1.165) is 12.8 Å². The summed E-state index contributed by atoms with van der Waals surface area (Å²) >= 11 is 0. The zero-order valence-electron chi connectivity index (χ0n) is 18.2. The van der Waals surface area contributed by atoms with Gasteiger partial charge in [-0.15, -0.1) is 0 Å². The lowest BCUT2D eigenvalue weighted by atomic mass is 9.88. The summed E-state index contributed by atoms with van der Waals surface area (Å²) in [5, 5.41) is 11.4. The molecule has 1 atom stereocenters. The average molecular weight is 469 g/mol. The summed E-state index contributed by atoms with van der Waals surface area (Å²) in [5.74, 6) is -4.20. The van der Waals surface area contributed by atoms with Crippen LogP contribution < -0.4 is 15.6 Å². The quantitative estimate of drug-likeness (QED) is 0.670. The topological polar surface area (TPSA) is 91.6 Å².